The molecule has 1 aromatic rings. The first-order valence-corrected chi connectivity index (χ1v) is 6.41. The normalized spacial score (nSPS) is 10.1. The molecule has 0 heterocycles. The largest absolute Gasteiger partial charge is 0.338 e. The van der Waals surface area contributed by atoms with Crippen molar-refractivity contribution < 1.29 is 9.18 Å². The van der Waals surface area contributed by atoms with Gasteiger partial charge in [-0.2, -0.15) is 0 Å². The van der Waals surface area contributed by atoms with Crippen LogP contribution in [0.15, 0.2) is 16.6 Å². The van der Waals surface area contributed by atoms with Crippen LogP contribution in [0.2, 0.25) is 5.02 Å². The molecule has 6 heteroatoms. The van der Waals surface area contributed by atoms with E-state index in [2.05, 4.69) is 26.6 Å². The highest BCUT2D eigenvalue weighted by atomic mass is 79.9. The summed E-state index contributed by atoms with van der Waals surface area (Å²) >= 11 is 8.97. The standard InChI is InChI=1S/C11H13BrClFN2O/c1-2-3-4-15-11(17)16-10-8(12)5-7(14)6-9(10)13/h5-6H,2-4H2,1H3,(H2,15,16,17). The van der Waals surface area contributed by atoms with E-state index in [4.69, 9.17) is 11.6 Å². The minimum atomic E-state index is -0.459. The zero-order valence-corrected chi connectivity index (χ0v) is 11.7. The highest BCUT2D eigenvalue weighted by Crippen LogP contribution is 2.31. The molecule has 2 amide bonds. The Morgan fingerprint density at radius 2 is 2.24 bits per heavy atom. The van der Waals surface area contributed by atoms with Crippen molar-refractivity contribution in [3.63, 3.8) is 0 Å². The minimum absolute atomic E-state index is 0.155. The summed E-state index contributed by atoms with van der Waals surface area (Å²) in [6.07, 6.45) is 1.91. The lowest BCUT2D eigenvalue weighted by Crippen LogP contribution is -2.29. The molecular weight excluding hydrogens is 310 g/mol. The zero-order chi connectivity index (χ0) is 12.8. The average Bonchev–Trinajstić information content (AvgIpc) is 2.24. The van der Waals surface area contributed by atoms with Crippen molar-refractivity contribution >= 4 is 39.2 Å². The van der Waals surface area contributed by atoms with Gasteiger partial charge in [0.25, 0.3) is 0 Å². The van der Waals surface area contributed by atoms with Gasteiger partial charge in [-0.25, -0.2) is 9.18 Å². The number of anilines is 1. The van der Waals surface area contributed by atoms with E-state index >= 15 is 0 Å². The summed E-state index contributed by atoms with van der Waals surface area (Å²) in [7, 11) is 0. The van der Waals surface area contributed by atoms with Gasteiger partial charge in [0.2, 0.25) is 0 Å². The van der Waals surface area contributed by atoms with Crippen LogP contribution in [0, 0.1) is 5.82 Å². The van der Waals surface area contributed by atoms with Gasteiger partial charge in [0.15, 0.2) is 0 Å². The third kappa shape index (κ3) is 4.52. The van der Waals surface area contributed by atoms with E-state index in [1.807, 2.05) is 6.92 Å². The first kappa shape index (κ1) is 14.3. The molecular formula is C11H13BrClFN2O. The second-order valence-corrected chi connectivity index (χ2v) is 4.74. The van der Waals surface area contributed by atoms with Crippen molar-refractivity contribution in [2.24, 2.45) is 0 Å². The lowest BCUT2D eigenvalue weighted by Gasteiger charge is -2.10. The second kappa shape index (κ2) is 6.81. The number of halogens is 3. The van der Waals surface area contributed by atoms with Gasteiger partial charge in [-0.15, -0.1) is 0 Å². The molecule has 0 spiro atoms. The molecule has 0 aliphatic carbocycles. The number of carbonyl (C=O) groups is 1. The summed E-state index contributed by atoms with van der Waals surface area (Å²) in [4.78, 5) is 11.5. The fourth-order valence-electron chi connectivity index (χ4n) is 1.20. The molecule has 0 saturated carbocycles. The fourth-order valence-corrected chi connectivity index (χ4v) is 2.10. The van der Waals surface area contributed by atoms with E-state index < -0.39 is 5.82 Å². The summed E-state index contributed by atoms with van der Waals surface area (Å²) in [5.74, 6) is -0.459. The molecule has 3 nitrogen and oxygen atoms in total. The molecule has 0 atom stereocenters. The summed E-state index contributed by atoms with van der Waals surface area (Å²) in [6.45, 7) is 2.63. The number of benzene rings is 1. The molecule has 0 bridgehead atoms. The molecule has 0 fully saturated rings. The van der Waals surface area contributed by atoms with E-state index in [0.717, 1.165) is 18.9 Å². The van der Waals surface area contributed by atoms with E-state index in [1.165, 1.54) is 6.07 Å². The van der Waals surface area contributed by atoms with Crippen molar-refractivity contribution in [1.29, 1.82) is 0 Å². The van der Waals surface area contributed by atoms with Gasteiger partial charge in [0.05, 0.1) is 10.7 Å². The second-order valence-electron chi connectivity index (χ2n) is 3.48. The summed E-state index contributed by atoms with van der Waals surface area (Å²) < 4.78 is 13.4. The van der Waals surface area contributed by atoms with Crippen molar-refractivity contribution in [3.05, 3.63) is 27.4 Å². The number of nitrogens with one attached hydrogen (secondary N) is 2. The predicted octanol–water partition coefficient (Wildman–Crippen LogP) is 4.16. The summed E-state index contributed by atoms with van der Waals surface area (Å²) in [5, 5.41) is 5.40. The maximum atomic E-state index is 13.0. The molecule has 2 N–H and O–H groups in total. The van der Waals surface area contributed by atoms with Crippen molar-refractivity contribution in [2.75, 3.05) is 11.9 Å². The molecule has 17 heavy (non-hydrogen) atoms. The Labute approximate surface area is 113 Å². The Balaban J connectivity index is 2.65. The molecule has 0 unspecified atom stereocenters. The lowest BCUT2D eigenvalue weighted by molar-refractivity contribution is 0.252. The molecule has 0 aromatic heterocycles. The molecule has 0 aliphatic rings. The molecule has 1 aromatic carbocycles. The monoisotopic (exact) mass is 322 g/mol. The van der Waals surface area contributed by atoms with Crippen LogP contribution in [0.25, 0.3) is 0 Å². The van der Waals surface area contributed by atoms with Crippen LogP contribution < -0.4 is 10.6 Å². The first-order valence-electron chi connectivity index (χ1n) is 5.24. The smallest absolute Gasteiger partial charge is 0.319 e. The number of amides is 2. The Kier molecular flexibility index (Phi) is 5.71. The van der Waals surface area contributed by atoms with E-state index in [1.54, 1.807) is 0 Å². The summed E-state index contributed by atoms with van der Waals surface area (Å²) in [6, 6.07) is 2.04. The van der Waals surface area contributed by atoms with Gasteiger partial charge in [0.1, 0.15) is 5.82 Å². The third-order valence-corrected chi connectivity index (χ3v) is 2.98. The van der Waals surface area contributed by atoms with Crippen LogP contribution in [0.5, 0.6) is 0 Å². The maximum Gasteiger partial charge on any atom is 0.319 e. The van der Waals surface area contributed by atoms with Gasteiger partial charge in [-0.1, -0.05) is 24.9 Å². The fraction of sp³-hybridized carbons (Fsp3) is 0.364. The number of unbranched alkanes of at least 4 members (excludes halogenated alkanes) is 1. The summed E-state index contributed by atoms with van der Waals surface area (Å²) in [5.41, 5.74) is 0.363. The van der Waals surface area contributed by atoms with Crippen LogP contribution in [0.4, 0.5) is 14.9 Å². The Morgan fingerprint density at radius 1 is 1.53 bits per heavy atom. The number of hydrogen-bond acceptors (Lipinski definition) is 1. The number of carbonyl (C=O) groups excluding carboxylic acids is 1. The van der Waals surface area contributed by atoms with E-state index in [-0.39, 0.29) is 11.1 Å². The molecule has 0 radical (unpaired) electrons. The van der Waals surface area contributed by atoms with Crippen LogP contribution in [0.3, 0.4) is 0 Å². The Hall–Kier alpha value is -0.810. The third-order valence-electron chi connectivity index (χ3n) is 2.06. The molecule has 0 saturated heterocycles. The molecule has 94 valence electrons. The minimum Gasteiger partial charge on any atom is -0.338 e. The lowest BCUT2D eigenvalue weighted by atomic mass is 10.3. The quantitative estimate of drug-likeness (QED) is 0.803. The van der Waals surface area contributed by atoms with E-state index in [9.17, 15) is 9.18 Å². The van der Waals surface area contributed by atoms with Gasteiger partial charge in [-0.3, -0.25) is 0 Å². The SMILES string of the molecule is CCCCNC(=O)Nc1c(Cl)cc(F)cc1Br. The average molecular weight is 324 g/mol. The number of hydrogen-bond donors (Lipinski definition) is 2. The van der Waals surface area contributed by atoms with Crippen LogP contribution in [-0.4, -0.2) is 12.6 Å². The number of urea groups is 1. The van der Waals surface area contributed by atoms with Crippen molar-refractivity contribution in [3.8, 4) is 0 Å². The van der Waals surface area contributed by atoms with Crippen molar-refractivity contribution in [1.82, 2.24) is 5.32 Å². The van der Waals surface area contributed by atoms with Crippen molar-refractivity contribution in [2.45, 2.75) is 19.8 Å². The number of rotatable bonds is 4. The Morgan fingerprint density at radius 3 is 2.82 bits per heavy atom. The highest BCUT2D eigenvalue weighted by molar-refractivity contribution is 9.10. The van der Waals surface area contributed by atoms with Gasteiger partial charge < -0.3 is 10.6 Å². The maximum absolute atomic E-state index is 13.0. The van der Waals surface area contributed by atoms with Crippen LogP contribution in [-0.2, 0) is 0 Å². The first-order chi connectivity index (χ1) is 8.04. The molecule has 1 rings (SSSR count). The molecule has 0 aliphatic heterocycles. The van der Waals surface area contributed by atoms with Crippen LogP contribution in [0.1, 0.15) is 19.8 Å². The zero-order valence-electron chi connectivity index (χ0n) is 9.32. The topological polar surface area (TPSA) is 41.1 Å². The van der Waals surface area contributed by atoms with Gasteiger partial charge in [0, 0.05) is 11.0 Å². The van der Waals surface area contributed by atoms with Gasteiger partial charge >= 0.3 is 6.03 Å². The van der Waals surface area contributed by atoms with Crippen LogP contribution >= 0.6 is 27.5 Å². The van der Waals surface area contributed by atoms with Gasteiger partial charge in [-0.05, 0) is 34.5 Å². The Bertz CT molecular complexity index is 391. The van der Waals surface area contributed by atoms with E-state index in [0.29, 0.717) is 16.7 Å². The predicted molar refractivity (Wildman–Crippen MR) is 71.0 cm³/mol. The highest BCUT2D eigenvalue weighted by Gasteiger charge is 2.10.